The Bertz CT molecular complexity index is 1220. The molecule has 0 amide bonds. The molecule has 8 heteroatoms. The van der Waals surface area contributed by atoms with Crippen LogP contribution in [0.1, 0.15) is 39.2 Å². The van der Waals surface area contributed by atoms with Crippen molar-refractivity contribution >= 4 is 28.8 Å². The van der Waals surface area contributed by atoms with Crippen molar-refractivity contribution in [3.8, 4) is 0 Å². The minimum atomic E-state index is -3.95. The fourth-order valence-corrected chi connectivity index (χ4v) is 10.7. The topological polar surface area (TPSA) is 82.1 Å². The van der Waals surface area contributed by atoms with E-state index in [4.69, 9.17) is 13.3 Å². The van der Waals surface area contributed by atoms with Crippen molar-refractivity contribution in [1.29, 1.82) is 0 Å². The van der Waals surface area contributed by atoms with Gasteiger partial charge in [-0.1, -0.05) is 99.1 Å². The van der Waals surface area contributed by atoms with Crippen LogP contribution in [0.4, 0.5) is 0 Å². The minimum Gasteiger partial charge on any atom is -0.404 e. The van der Waals surface area contributed by atoms with E-state index in [-0.39, 0.29) is 22.6 Å². The van der Waals surface area contributed by atoms with E-state index in [9.17, 15) is 13.5 Å². The molecule has 37 heavy (non-hydrogen) atoms. The number of benzene rings is 3. The molecule has 198 valence electrons. The SMILES string of the molecule is Cc1ccc(S(=O)(=O)OC[C@@H]2C[C@@H](O[Si](c3ccccc3)(c3ccccc3)C(C)(C)C)C[C@H](O)O2)cc1. The van der Waals surface area contributed by atoms with Gasteiger partial charge in [0.1, 0.15) is 0 Å². The normalized spacial score (nSPS) is 21.1. The molecule has 1 N–H and O–H groups in total. The zero-order valence-corrected chi connectivity index (χ0v) is 23.6. The highest BCUT2D eigenvalue weighted by Crippen LogP contribution is 2.39. The van der Waals surface area contributed by atoms with Crippen molar-refractivity contribution in [2.24, 2.45) is 0 Å². The van der Waals surface area contributed by atoms with Gasteiger partial charge in [0.15, 0.2) is 6.29 Å². The van der Waals surface area contributed by atoms with Gasteiger partial charge in [-0.2, -0.15) is 8.42 Å². The minimum absolute atomic E-state index is 0.0922. The summed E-state index contributed by atoms with van der Waals surface area (Å²) >= 11 is 0. The molecule has 1 aliphatic heterocycles. The van der Waals surface area contributed by atoms with Gasteiger partial charge in [0.05, 0.1) is 23.7 Å². The van der Waals surface area contributed by atoms with Crippen molar-refractivity contribution in [2.45, 2.75) is 69.0 Å². The molecule has 1 fully saturated rings. The molecular formula is C29H36O6SSi. The monoisotopic (exact) mass is 540 g/mol. The van der Waals surface area contributed by atoms with Crippen LogP contribution in [0.25, 0.3) is 0 Å². The molecule has 1 saturated heterocycles. The smallest absolute Gasteiger partial charge is 0.297 e. The molecule has 0 radical (unpaired) electrons. The third-order valence-corrected chi connectivity index (χ3v) is 13.2. The highest BCUT2D eigenvalue weighted by Gasteiger charge is 2.52. The van der Waals surface area contributed by atoms with Crippen LogP contribution in [0.2, 0.25) is 5.04 Å². The largest absolute Gasteiger partial charge is 0.404 e. The highest BCUT2D eigenvalue weighted by atomic mass is 32.2. The van der Waals surface area contributed by atoms with Crippen molar-refractivity contribution in [1.82, 2.24) is 0 Å². The summed E-state index contributed by atoms with van der Waals surface area (Å²) in [6.07, 6.45) is -1.35. The number of hydrogen-bond donors (Lipinski definition) is 1. The number of aryl methyl sites for hydroxylation is 1. The van der Waals surface area contributed by atoms with Gasteiger partial charge >= 0.3 is 0 Å². The van der Waals surface area contributed by atoms with E-state index in [0.717, 1.165) is 15.9 Å². The van der Waals surface area contributed by atoms with E-state index in [1.807, 2.05) is 43.3 Å². The molecule has 3 atom stereocenters. The second-order valence-corrected chi connectivity index (χ2v) is 16.5. The van der Waals surface area contributed by atoms with Gasteiger partial charge < -0.3 is 14.3 Å². The van der Waals surface area contributed by atoms with E-state index in [1.165, 1.54) is 12.1 Å². The molecule has 3 aromatic carbocycles. The van der Waals surface area contributed by atoms with Crippen LogP contribution in [-0.2, 0) is 23.5 Å². The Hall–Kier alpha value is -2.33. The van der Waals surface area contributed by atoms with Gasteiger partial charge in [-0.3, -0.25) is 4.18 Å². The average Bonchev–Trinajstić information content (AvgIpc) is 2.86. The zero-order valence-electron chi connectivity index (χ0n) is 21.8. The predicted molar refractivity (Wildman–Crippen MR) is 147 cm³/mol. The summed E-state index contributed by atoms with van der Waals surface area (Å²) in [6.45, 7) is 8.28. The highest BCUT2D eigenvalue weighted by molar-refractivity contribution is 7.86. The molecule has 0 aliphatic carbocycles. The van der Waals surface area contributed by atoms with Gasteiger partial charge in [-0.15, -0.1) is 0 Å². The lowest BCUT2D eigenvalue weighted by Crippen LogP contribution is -2.68. The number of aliphatic hydroxyl groups excluding tert-OH is 1. The summed E-state index contributed by atoms with van der Waals surface area (Å²) in [5.41, 5.74) is 0.959. The van der Waals surface area contributed by atoms with Crippen LogP contribution in [0, 0.1) is 6.92 Å². The van der Waals surface area contributed by atoms with E-state index in [0.29, 0.717) is 12.8 Å². The first kappa shape index (κ1) is 27.7. The average molecular weight is 541 g/mol. The van der Waals surface area contributed by atoms with Crippen LogP contribution in [0.3, 0.4) is 0 Å². The second-order valence-electron chi connectivity index (χ2n) is 10.6. The summed E-state index contributed by atoms with van der Waals surface area (Å²) in [7, 11) is -6.79. The van der Waals surface area contributed by atoms with E-state index in [1.54, 1.807) is 12.1 Å². The molecule has 3 aromatic rings. The van der Waals surface area contributed by atoms with Gasteiger partial charge in [-0.05, 0) is 34.5 Å². The maximum absolute atomic E-state index is 12.7. The second kappa shape index (κ2) is 11.2. The summed E-state index contributed by atoms with van der Waals surface area (Å²) in [5, 5.41) is 12.6. The fraction of sp³-hybridized carbons (Fsp3) is 0.379. The Balaban J connectivity index is 1.59. The summed E-state index contributed by atoms with van der Waals surface area (Å²) < 4.78 is 43.6. The van der Waals surface area contributed by atoms with Crippen LogP contribution in [0.15, 0.2) is 89.8 Å². The maximum Gasteiger partial charge on any atom is 0.297 e. The van der Waals surface area contributed by atoms with Crippen molar-refractivity contribution in [3.63, 3.8) is 0 Å². The van der Waals surface area contributed by atoms with E-state index >= 15 is 0 Å². The van der Waals surface area contributed by atoms with Gasteiger partial charge in [-0.25, -0.2) is 0 Å². The standard InChI is InChI=1S/C29H36O6SSi/c1-22-15-17-25(18-16-22)36(31,32)33-21-24-19-23(20-28(30)34-24)35-37(29(2,3)4,26-11-7-5-8-12-26)27-13-9-6-10-14-27/h5-18,23-24,28,30H,19-21H2,1-4H3/t23-,24+,28-/m1/s1. The molecule has 0 bridgehead atoms. The first-order chi connectivity index (χ1) is 17.5. The van der Waals surface area contributed by atoms with E-state index in [2.05, 4.69) is 45.0 Å². The number of aliphatic hydroxyl groups is 1. The lowest BCUT2D eigenvalue weighted by molar-refractivity contribution is -0.192. The molecule has 0 aromatic heterocycles. The fourth-order valence-electron chi connectivity index (χ4n) is 5.03. The number of ether oxygens (including phenoxy) is 1. The first-order valence-corrected chi connectivity index (χ1v) is 15.9. The van der Waals surface area contributed by atoms with Crippen molar-refractivity contribution in [3.05, 3.63) is 90.5 Å². The number of rotatable bonds is 8. The van der Waals surface area contributed by atoms with Crippen LogP contribution < -0.4 is 10.4 Å². The molecule has 0 unspecified atom stereocenters. The molecular weight excluding hydrogens is 504 g/mol. The zero-order chi connectivity index (χ0) is 26.7. The van der Waals surface area contributed by atoms with Crippen molar-refractivity contribution in [2.75, 3.05) is 6.61 Å². The molecule has 1 aliphatic rings. The van der Waals surface area contributed by atoms with Crippen LogP contribution >= 0.6 is 0 Å². The third kappa shape index (κ3) is 6.22. The van der Waals surface area contributed by atoms with Crippen LogP contribution in [0.5, 0.6) is 0 Å². The lowest BCUT2D eigenvalue weighted by Gasteiger charge is -2.47. The summed E-state index contributed by atoms with van der Waals surface area (Å²) in [6, 6.07) is 27.1. The Morgan fingerprint density at radius 1 is 0.892 bits per heavy atom. The molecule has 0 spiro atoms. The summed E-state index contributed by atoms with van der Waals surface area (Å²) in [4.78, 5) is 0.0922. The quantitative estimate of drug-likeness (QED) is 0.342. The predicted octanol–water partition coefficient (Wildman–Crippen LogP) is 4.14. The van der Waals surface area contributed by atoms with Gasteiger partial charge in [0, 0.05) is 12.8 Å². The summed E-state index contributed by atoms with van der Waals surface area (Å²) in [5.74, 6) is 0. The molecule has 4 rings (SSSR count). The Kier molecular flexibility index (Phi) is 8.37. The maximum atomic E-state index is 12.7. The Labute approximate surface area is 221 Å². The van der Waals surface area contributed by atoms with E-state index < -0.39 is 30.8 Å². The lowest BCUT2D eigenvalue weighted by atomic mass is 10.1. The van der Waals surface area contributed by atoms with Crippen LogP contribution in [-0.4, -0.2) is 46.9 Å². The molecule has 6 nitrogen and oxygen atoms in total. The van der Waals surface area contributed by atoms with Gasteiger partial charge in [0.25, 0.3) is 18.4 Å². The Morgan fingerprint density at radius 2 is 1.43 bits per heavy atom. The molecule has 1 heterocycles. The Morgan fingerprint density at radius 3 is 1.95 bits per heavy atom. The van der Waals surface area contributed by atoms with Crippen molar-refractivity contribution < 1.29 is 26.9 Å². The number of hydrogen-bond acceptors (Lipinski definition) is 6. The molecule has 0 saturated carbocycles. The van der Waals surface area contributed by atoms with Gasteiger partial charge in [0.2, 0.25) is 0 Å². The first-order valence-electron chi connectivity index (χ1n) is 12.6. The third-order valence-electron chi connectivity index (χ3n) is 6.82.